The van der Waals surface area contributed by atoms with Gasteiger partial charge < -0.3 is 4.52 Å². The van der Waals surface area contributed by atoms with Crippen molar-refractivity contribution in [3.8, 4) is 16.9 Å². The van der Waals surface area contributed by atoms with Crippen molar-refractivity contribution in [1.82, 2.24) is 13.7 Å². The van der Waals surface area contributed by atoms with Crippen LogP contribution in [-0.2, 0) is 24.2 Å². The maximum atomic E-state index is 14.4. The lowest BCUT2D eigenvalue weighted by Crippen LogP contribution is -2.55. The third-order valence-electron chi connectivity index (χ3n) is 6.57. The van der Waals surface area contributed by atoms with Gasteiger partial charge >= 0.3 is 17.1 Å². The number of fused-ring (bicyclic) bond motifs is 3. The van der Waals surface area contributed by atoms with Gasteiger partial charge in [-0.05, 0) is 23.6 Å². The van der Waals surface area contributed by atoms with E-state index in [1.54, 1.807) is 25.1 Å². The number of aromatic nitrogens is 3. The van der Waals surface area contributed by atoms with Gasteiger partial charge in [-0.2, -0.15) is 0 Å². The van der Waals surface area contributed by atoms with Gasteiger partial charge in [-0.25, -0.2) is 28.1 Å². The van der Waals surface area contributed by atoms with E-state index in [9.17, 15) is 18.9 Å². The van der Waals surface area contributed by atoms with E-state index in [2.05, 4.69) is 6.58 Å². The largest absolute Gasteiger partial charge is 0.439 e. The topological polar surface area (TPSA) is 92.3 Å². The molecule has 3 aromatic rings. The summed E-state index contributed by atoms with van der Waals surface area (Å²) in [6.07, 6.45) is 2.20. The number of benzene rings is 2. The first kappa shape index (κ1) is 24.7. The molecule has 3 atom stereocenters. The summed E-state index contributed by atoms with van der Waals surface area (Å²) in [6, 6.07) is 14.7. The molecule has 0 radical (unpaired) electrons. The van der Waals surface area contributed by atoms with Crippen LogP contribution in [0.3, 0.4) is 0 Å². The average Bonchev–Trinajstić information content (AvgIpc) is 2.87. The van der Waals surface area contributed by atoms with Crippen LogP contribution in [0, 0.1) is 5.92 Å². The van der Waals surface area contributed by atoms with Crippen LogP contribution in [0.15, 0.2) is 75.6 Å². The van der Waals surface area contributed by atoms with Crippen LogP contribution in [0.2, 0.25) is 0 Å². The Hall–Kier alpha value is -3.38. The number of allylic oxidation sites excluding steroid dienone is 1. The maximum Gasteiger partial charge on any atom is 0.336 e. The predicted octanol–water partition coefficient (Wildman–Crippen LogP) is 3.46. The molecule has 0 aliphatic carbocycles. The van der Waals surface area contributed by atoms with E-state index in [4.69, 9.17) is 4.52 Å². The summed E-state index contributed by atoms with van der Waals surface area (Å²) in [7, 11) is -3.54. The highest BCUT2D eigenvalue weighted by Gasteiger charge is 2.41. The van der Waals surface area contributed by atoms with Gasteiger partial charge in [-0.3, -0.25) is 4.57 Å². The monoisotopic (exact) mass is 495 g/mol. The van der Waals surface area contributed by atoms with E-state index in [0.29, 0.717) is 11.1 Å². The zero-order valence-corrected chi connectivity index (χ0v) is 21.1. The minimum atomic E-state index is -3.54. The third-order valence-corrected chi connectivity index (χ3v) is 9.42. The van der Waals surface area contributed by atoms with Crippen molar-refractivity contribution in [3.05, 3.63) is 92.6 Å². The standard InChI is InChI=1S/C26H30N3O5P/c1-5-15-27-24(30)28(16-18(3)6-2)26(32)29(25(27)31)17-19(4)35(33)23-14-10-8-12-21(23)20-11-7-9-13-22(20)34-35/h5,7-14,18-19H,1,6,15-17H2,2-4H3. The van der Waals surface area contributed by atoms with Crippen LogP contribution < -0.4 is 26.9 Å². The van der Waals surface area contributed by atoms with Crippen molar-refractivity contribution in [2.24, 2.45) is 5.92 Å². The highest BCUT2D eigenvalue weighted by molar-refractivity contribution is 7.68. The molecular formula is C26H30N3O5P. The second kappa shape index (κ2) is 9.70. The lowest BCUT2D eigenvalue weighted by Gasteiger charge is -2.32. The summed E-state index contributed by atoms with van der Waals surface area (Å²) in [6.45, 7) is 9.23. The molecule has 2 aromatic carbocycles. The molecular weight excluding hydrogens is 465 g/mol. The number of rotatable bonds is 8. The molecule has 2 heterocycles. The van der Waals surface area contributed by atoms with E-state index >= 15 is 0 Å². The molecule has 0 N–H and O–H groups in total. The van der Waals surface area contributed by atoms with Crippen LogP contribution >= 0.6 is 7.37 Å². The fraction of sp³-hybridized carbons (Fsp3) is 0.346. The zero-order valence-electron chi connectivity index (χ0n) is 20.2. The fourth-order valence-corrected chi connectivity index (χ4v) is 6.76. The molecule has 8 nitrogen and oxygen atoms in total. The second-order valence-corrected chi connectivity index (χ2v) is 11.8. The SMILES string of the molecule is C=CCn1c(=O)n(CC(C)CC)c(=O)n(CC(C)P2(=O)Oc3ccccc3-c3ccccc32)c1=O. The lowest BCUT2D eigenvalue weighted by molar-refractivity contribution is 0.390. The van der Waals surface area contributed by atoms with E-state index in [1.807, 2.05) is 44.2 Å². The summed E-state index contributed by atoms with van der Waals surface area (Å²) < 4.78 is 23.6. The molecule has 0 saturated heterocycles. The Morgan fingerprint density at radius 2 is 1.46 bits per heavy atom. The molecule has 1 aliphatic rings. The normalized spacial score (nSPS) is 18.1. The lowest BCUT2D eigenvalue weighted by atomic mass is 10.0. The number of para-hydroxylation sites is 1. The number of nitrogens with zero attached hydrogens (tertiary/aromatic N) is 3. The summed E-state index contributed by atoms with van der Waals surface area (Å²) in [5.41, 5.74) is -1.18. The van der Waals surface area contributed by atoms with Crippen LogP contribution in [0.4, 0.5) is 0 Å². The summed E-state index contributed by atoms with van der Waals surface area (Å²) in [4.78, 5) is 39.5. The Labute approximate surface area is 203 Å². The van der Waals surface area contributed by atoms with E-state index in [1.165, 1.54) is 6.08 Å². The molecule has 1 aliphatic heterocycles. The molecule has 0 bridgehead atoms. The van der Waals surface area contributed by atoms with Crippen LogP contribution in [0.5, 0.6) is 5.75 Å². The molecule has 1 aromatic heterocycles. The molecule has 0 amide bonds. The van der Waals surface area contributed by atoms with Crippen molar-refractivity contribution < 1.29 is 9.09 Å². The molecule has 9 heteroatoms. The van der Waals surface area contributed by atoms with Crippen LogP contribution in [0.1, 0.15) is 27.2 Å². The van der Waals surface area contributed by atoms with Gasteiger partial charge in [0.15, 0.2) is 0 Å². The highest BCUT2D eigenvalue weighted by atomic mass is 31.2. The number of hydrogen-bond donors (Lipinski definition) is 0. The van der Waals surface area contributed by atoms with Crippen LogP contribution in [0.25, 0.3) is 11.1 Å². The Morgan fingerprint density at radius 3 is 2.11 bits per heavy atom. The van der Waals surface area contributed by atoms with E-state index in [0.717, 1.165) is 31.2 Å². The van der Waals surface area contributed by atoms with E-state index < -0.39 is 30.1 Å². The Balaban J connectivity index is 1.83. The Kier molecular flexibility index (Phi) is 6.86. The Bertz CT molecular complexity index is 1500. The first-order chi connectivity index (χ1) is 16.7. The van der Waals surface area contributed by atoms with Crippen molar-refractivity contribution in [2.45, 2.75) is 52.5 Å². The quantitative estimate of drug-likeness (QED) is 0.353. The molecule has 0 fully saturated rings. The van der Waals surface area contributed by atoms with Gasteiger partial charge in [0.1, 0.15) is 5.75 Å². The van der Waals surface area contributed by atoms with Gasteiger partial charge in [-0.15, -0.1) is 6.58 Å². The average molecular weight is 496 g/mol. The van der Waals surface area contributed by atoms with Crippen molar-refractivity contribution >= 4 is 12.7 Å². The minimum Gasteiger partial charge on any atom is -0.439 e. The summed E-state index contributed by atoms with van der Waals surface area (Å²) >= 11 is 0. The molecule has 3 unspecified atom stereocenters. The minimum absolute atomic E-state index is 0.0306. The predicted molar refractivity (Wildman–Crippen MR) is 138 cm³/mol. The summed E-state index contributed by atoms with van der Waals surface area (Å²) in [5, 5.41) is 0.554. The van der Waals surface area contributed by atoms with E-state index in [-0.39, 0.29) is 25.6 Å². The van der Waals surface area contributed by atoms with Gasteiger partial charge in [0, 0.05) is 18.7 Å². The Morgan fingerprint density at radius 1 is 0.886 bits per heavy atom. The number of hydrogen-bond acceptors (Lipinski definition) is 5. The molecule has 184 valence electrons. The fourth-order valence-electron chi connectivity index (χ4n) is 4.36. The first-order valence-electron chi connectivity index (χ1n) is 11.8. The van der Waals surface area contributed by atoms with Crippen molar-refractivity contribution in [2.75, 3.05) is 0 Å². The maximum absolute atomic E-state index is 14.4. The second-order valence-electron chi connectivity index (χ2n) is 9.03. The van der Waals surface area contributed by atoms with Crippen molar-refractivity contribution in [3.63, 3.8) is 0 Å². The molecule has 0 spiro atoms. The van der Waals surface area contributed by atoms with Gasteiger partial charge in [-0.1, -0.05) is 69.7 Å². The summed E-state index contributed by atoms with van der Waals surface area (Å²) in [5.74, 6) is 0.559. The third kappa shape index (κ3) is 4.27. The molecule has 4 rings (SSSR count). The highest BCUT2D eigenvalue weighted by Crippen LogP contribution is 2.57. The smallest absolute Gasteiger partial charge is 0.336 e. The van der Waals surface area contributed by atoms with Gasteiger partial charge in [0.05, 0.1) is 17.5 Å². The molecule has 35 heavy (non-hydrogen) atoms. The van der Waals surface area contributed by atoms with Crippen LogP contribution in [-0.4, -0.2) is 19.4 Å². The van der Waals surface area contributed by atoms with Crippen molar-refractivity contribution in [1.29, 1.82) is 0 Å². The molecule has 0 saturated carbocycles. The zero-order chi connectivity index (χ0) is 25.3. The van der Waals surface area contributed by atoms with Gasteiger partial charge in [0.2, 0.25) is 0 Å². The first-order valence-corrected chi connectivity index (χ1v) is 13.5. The van der Waals surface area contributed by atoms with Gasteiger partial charge in [0.25, 0.3) is 7.37 Å².